The average molecular weight is 290 g/mol. The van der Waals surface area contributed by atoms with E-state index in [-0.39, 0.29) is 0 Å². The first kappa shape index (κ1) is 17.5. The largest absolute Gasteiger partial charge is 0.357 e. The number of benzene rings is 1. The summed E-state index contributed by atoms with van der Waals surface area (Å²) >= 11 is 0. The number of nitrogens with zero attached hydrogens (tertiary/aromatic N) is 2. The summed E-state index contributed by atoms with van der Waals surface area (Å²) in [5.41, 5.74) is 2.63. The molecule has 21 heavy (non-hydrogen) atoms. The van der Waals surface area contributed by atoms with Crippen LogP contribution in [-0.2, 0) is 13.1 Å². The molecule has 118 valence electrons. The van der Waals surface area contributed by atoms with Crippen molar-refractivity contribution >= 4 is 5.96 Å². The molecular formula is C17H30N4. The van der Waals surface area contributed by atoms with E-state index in [0.29, 0.717) is 6.54 Å². The summed E-state index contributed by atoms with van der Waals surface area (Å²) in [6.45, 7) is 7.82. The first-order valence-electron chi connectivity index (χ1n) is 7.91. The summed E-state index contributed by atoms with van der Waals surface area (Å²) in [6.07, 6.45) is 2.36. The first-order chi connectivity index (χ1) is 10.2. The third-order valence-corrected chi connectivity index (χ3v) is 3.18. The van der Waals surface area contributed by atoms with Gasteiger partial charge in [0.05, 0.1) is 6.54 Å². The molecule has 0 bridgehead atoms. The first-order valence-corrected chi connectivity index (χ1v) is 7.91. The van der Waals surface area contributed by atoms with Crippen LogP contribution in [0.3, 0.4) is 0 Å². The minimum atomic E-state index is 0.714. The van der Waals surface area contributed by atoms with Gasteiger partial charge in [0.15, 0.2) is 5.96 Å². The monoisotopic (exact) mass is 290 g/mol. The van der Waals surface area contributed by atoms with Gasteiger partial charge in [0.1, 0.15) is 0 Å². The van der Waals surface area contributed by atoms with Crippen LogP contribution in [0.1, 0.15) is 37.8 Å². The van der Waals surface area contributed by atoms with Crippen molar-refractivity contribution in [2.24, 2.45) is 4.99 Å². The fraction of sp³-hybridized carbons (Fsp3) is 0.588. The average Bonchev–Trinajstić information content (AvgIpc) is 2.45. The molecule has 4 nitrogen and oxygen atoms in total. The fourth-order valence-corrected chi connectivity index (χ4v) is 2.10. The van der Waals surface area contributed by atoms with E-state index in [4.69, 9.17) is 4.99 Å². The minimum absolute atomic E-state index is 0.714. The van der Waals surface area contributed by atoms with Gasteiger partial charge in [-0.2, -0.15) is 0 Å². The maximum Gasteiger partial charge on any atom is 0.191 e. The van der Waals surface area contributed by atoms with Gasteiger partial charge in [-0.3, -0.25) is 0 Å². The van der Waals surface area contributed by atoms with Crippen molar-refractivity contribution in [3.63, 3.8) is 0 Å². The van der Waals surface area contributed by atoms with Gasteiger partial charge in [-0.15, -0.1) is 0 Å². The lowest BCUT2D eigenvalue weighted by atomic mass is 10.1. The zero-order valence-electron chi connectivity index (χ0n) is 13.9. The van der Waals surface area contributed by atoms with Crippen LogP contribution in [0.25, 0.3) is 0 Å². The zero-order valence-corrected chi connectivity index (χ0v) is 13.9. The second-order valence-corrected chi connectivity index (χ2v) is 5.48. The molecular weight excluding hydrogens is 260 g/mol. The lowest BCUT2D eigenvalue weighted by Crippen LogP contribution is -2.37. The van der Waals surface area contributed by atoms with E-state index < -0.39 is 0 Å². The smallest absolute Gasteiger partial charge is 0.191 e. The number of guanidine groups is 1. The van der Waals surface area contributed by atoms with E-state index in [1.165, 1.54) is 24.0 Å². The molecule has 1 aromatic carbocycles. The molecule has 1 aromatic rings. The predicted octanol–water partition coefficient (Wildman–Crippen LogP) is 2.60. The van der Waals surface area contributed by atoms with E-state index in [1.54, 1.807) is 0 Å². The van der Waals surface area contributed by atoms with Gasteiger partial charge in [0.25, 0.3) is 0 Å². The minimum Gasteiger partial charge on any atom is -0.357 e. The summed E-state index contributed by atoms with van der Waals surface area (Å²) in [5.74, 6) is 0.908. The lowest BCUT2D eigenvalue weighted by Gasteiger charge is -2.14. The topological polar surface area (TPSA) is 39.7 Å². The maximum atomic E-state index is 4.70. The lowest BCUT2D eigenvalue weighted by molar-refractivity contribution is 0.401. The van der Waals surface area contributed by atoms with Crippen molar-refractivity contribution < 1.29 is 0 Å². The Morgan fingerprint density at radius 3 is 2.43 bits per heavy atom. The number of nitrogens with one attached hydrogen (secondary N) is 2. The molecule has 0 saturated heterocycles. The highest BCUT2D eigenvalue weighted by atomic mass is 15.2. The molecule has 0 aliphatic heterocycles. The Bertz CT molecular complexity index is 427. The molecule has 0 aromatic heterocycles. The highest BCUT2D eigenvalue weighted by molar-refractivity contribution is 5.79. The van der Waals surface area contributed by atoms with E-state index in [9.17, 15) is 0 Å². The van der Waals surface area contributed by atoms with E-state index in [1.807, 2.05) is 0 Å². The van der Waals surface area contributed by atoms with E-state index in [2.05, 4.69) is 67.7 Å². The summed E-state index contributed by atoms with van der Waals surface area (Å²) in [6, 6.07) is 8.53. The van der Waals surface area contributed by atoms with Gasteiger partial charge in [-0.25, -0.2) is 4.99 Å². The van der Waals surface area contributed by atoms with Crippen LogP contribution in [0, 0.1) is 0 Å². The summed E-state index contributed by atoms with van der Waals surface area (Å²) < 4.78 is 0. The van der Waals surface area contributed by atoms with Gasteiger partial charge in [0, 0.05) is 19.6 Å². The van der Waals surface area contributed by atoms with Crippen molar-refractivity contribution in [3.05, 3.63) is 35.4 Å². The van der Waals surface area contributed by atoms with Gasteiger partial charge in [-0.1, -0.05) is 37.6 Å². The normalized spacial score (nSPS) is 11.8. The van der Waals surface area contributed by atoms with Crippen molar-refractivity contribution in [1.82, 2.24) is 15.5 Å². The number of hydrogen-bond acceptors (Lipinski definition) is 2. The molecule has 0 aliphatic carbocycles. The number of aliphatic imine (C=N–C) groups is 1. The van der Waals surface area contributed by atoms with Gasteiger partial charge >= 0.3 is 0 Å². The number of rotatable bonds is 8. The molecule has 0 aliphatic rings. The third-order valence-electron chi connectivity index (χ3n) is 3.18. The Morgan fingerprint density at radius 2 is 1.81 bits per heavy atom. The Morgan fingerprint density at radius 1 is 1.10 bits per heavy atom. The van der Waals surface area contributed by atoms with Crippen LogP contribution in [0.5, 0.6) is 0 Å². The van der Waals surface area contributed by atoms with Crippen molar-refractivity contribution in [2.75, 3.05) is 27.2 Å². The Labute approximate surface area is 129 Å². The molecule has 0 saturated carbocycles. The molecule has 2 N–H and O–H groups in total. The summed E-state index contributed by atoms with van der Waals surface area (Å²) in [5, 5.41) is 6.68. The van der Waals surface area contributed by atoms with Gasteiger partial charge < -0.3 is 15.5 Å². The predicted molar refractivity (Wildman–Crippen MR) is 91.6 cm³/mol. The molecule has 0 amide bonds. The zero-order chi connectivity index (χ0) is 15.5. The van der Waals surface area contributed by atoms with Crippen molar-refractivity contribution in [1.29, 1.82) is 0 Å². The van der Waals surface area contributed by atoms with Gasteiger partial charge in [0.2, 0.25) is 0 Å². The van der Waals surface area contributed by atoms with Crippen LogP contribution < -0.4 is 10.6 Å². The molecule has 0 unspecified atom stereocenters. The second-order valence-electron chi connectivity index (χ2n) is 5.48. The molecule has 4 heteroatoms. The Balaban J connectivity index is 2.70. The Hall–Kier alpha value is -1.55. The molecule has 0 fully saturated rings. The van der Waals surface area contributed by atoms with Crippen LogP contribution in [-0.4, -0.2) is 38.0 Å². The van der Waals surface area contributed by atoms with Crippen LogP contribution in [0.2, 0.25) is 0 Å². The Kier molecular flexibility index (Phi) is 8.51. The fourth-order valence-electron chi connectivity index (χ4n) is 2.10. The molecule has 1 rings (SSSR count). The third kappa shape index (κ3) is 7.14. The molecule has 0 heterocycles. The van der Waals surface area contributed by atoms with Crippen LogP contribution in [0.4, 0.5) is 0 Å². The highest BCUT2D eigenvalue weighted by Crippen LogP contribution is 2.11. The molecule has 0 radical (unpaired) electrons. The SMILES string of the molecule is CCCCNC(=NCc1ccccc1CN(C)C)NCC. The second kappa shape index (κ2) is 10.2. The summed E-state index contributed by atoms with van der Waals surface area (Å²) in [7, 11) is 4.19. The van der Waals surface area contributed by atoms with E-state index >= 15 is 0 Å². The van der Waals surface area contributed by atoms with Gasteiger partial charge in [-0.05, 0) is 38.6 Å². The van der Waals surface area contributed by atoms with Crippen LogP contribution in [0.15, 0.2) is 29.3 Å². The standard InChI is InChI=1S/C17H30N4/c1-5-7-12-19-17(18-6-2)20-13-15-10-8-9-11-16(15)14-21(3)4/h8-11H,5-7,12-14H2,1-4H3,(H2,18,19,20). The molecule has 0 spiro atoms. The number of unbranched alkanes of at least 4 members (excludes halogenated alkanes) is 1. The maximum absolute atomic E-state index is 4.70. The van der Waals surface area contributed by atoms with Crippen molar-refractivity contribution in [3.8, 4) is 0 Å². The summed E-state index contributed by atoms with van der Waals surface area (Å²) in [4.78, 5) is 6.89. The highest BCUT2D eigenvalue weighted by Gasteiger charge is 2.03. The quantitative estimate of drug-likeness (QED) is 0.439. The van der Waals surface area contributed by atoms with Crippen LogP contribution >= 0.6 is 0 Å². The van der Waals surface area contributed by atoms with E-state index in [0.717, 1.165) is 25.6 Å². The molecule has 0 atom stereocenters. The van der Waals surface area contributed by atoms with Crippen molar-refractivity contribution in [2.45, 2.75) is 39.8 Å². The number of hydrogen-bond donors (Lipinski definition) is 2.